The minimum Gasteiger partial charge on any atom is -0.355 e. The lowest BCUT2D eigenvalue weighted by Crippen LogP contribution is -2.33. The van der Waals surface area contributed by atoms with Gasteiger partial charge in [0.25, 0.3) is 5.91 Å². The molecule has 0 spiro atoms. The third kappa shape index (κ3) is 3.86. The molecule has 1 saturated heterocycles. The van der Waals surface area contributed by atoms with Gasteiger partial charge in [-0.25, -0.2) is 0 Å². The van der Waals surface area contributed by atoms with E-state index in [-0.39, 0.29) is 5.91 Å². The number of rotatable bonds is 3. The number of anilines is 2. The van der Waals surface area contributed by atoms with Gasteiger partial charge >= 0.3 is 0 Å². The van der Waals surface area contributed by atoms with Crippen LogP contribution in [-0.4, -0.2) is 29.2 Å². The van der Waals surface area contributed by atoms with Crippen LogP contribution in [0.3, 0.4) is 0 Å². The summed E-state index contributed by atoms with van der Waals surface area (Å²) in [6, 6.07) is 11.3. The van der Waals surface area contributed by atoms with Crippen molar-refractivity contribution in [1.29, 1.82) is 0 Å². The lowest BCUT2D eigenvalue weighted by Gasteiger charge is -2.30. The number of nitrogens with one attached hydrogen (secondary N) is 1. The minimum atomic E-state index is -0.234. The predicted molar refractivity (Wildman–Crippen MR) is 91.8 cm³/mol. The largest absolute Gasteiger partial charge is 0.355 e. The molecule has 1 amide bonds. The van der Waals surface area contributed by atoms with Crippen molar-refractivity contribution in [3.05, 3.63) is 47.7 Å². The van der Waals surface area contributed by atoms with Crippen molar-refractivity contribution in [3.8, 4) is 0 Å². The monoisotopic (exact) mass is 310 g/mol. The molecule has 120 valence electrons. The molecule has 5 nitrogen and oxygen atoms in total. The molecule has 1 aromatic carbocycles. The topological polar surface area (TPSA) is 58.1 Å². The Hall–Kier alpha value is -2.43. The van der Waals surface area contributed by atoms with Crippen LogP contribution in [0, 0.1) is 12.8 Å². The second-order valence-electron chi connectivity index (χ2n) is 6.27. The standard InChI is InChI=1S/C18H22N4O/c1-13-8-10-22(11-9-13)17-7-6-16(20-21-17)18(23)19-15-5-3-4-14(2)12-15/h3-7,12-13H,8-11H2,1-2H3,(H,19,23). The van der Waals surface area contributed by atoms with Crippen molar-refractivity contribution < 1.29 is 4.79 Å². The smallest absolute Gasteiger partial charge is 0.276 e. The van der Waals surface area contributed by atoms with Gasteiger partial charge in [-0.1, -0.05) is 19.1 Å². The van der Waals surface area contributed by atoms with Crippen molar-refractivity contribution >= 4 is 17.4 Å². The summed E-state index contributed by atoms with van der Waals surface area (Å²) in [7, 11) is 0. The third-order valence-electron chi connectivity index (χ3n) is 4.27. The molecule has 0 atom stereocenters. The van der Waals surface area contributed by atoms with E-state index >= 15 is 0 Å². The quantitative estimate of drug-likeness (QED) is 0.945. The highest BCUT2D eigenvalue weighted by molar-refractivity contribution is 6.02. The highest BCUT2D eigenvalue weighted by Crippen LogP contribution is 2.20. The van der Waals surface area contributed by atoms with Gasteiger partial charge in [0.1, 0.15) is 0 Å². The molecule has 0 radical (unpaired) electrons. The Kier molecular flexibility index (Phi) is 4.55. The second-order valence-corrected chi connectivity index (χ2v) is 6.27. The van der Waals surface area contributed by atoms with E-state index in [1.807, 2.05) is 37.3 Å². The molecule has 1 aromatic heterocycles. The SMILES string of the molecule is Cc1cccc(NC(=O)c2ccc(N3CCC(C)CC3)nn2)c1. The Balaban J connectivity index is 1.65. The molecule has 0 aliphatic carbocycles. The number of aryl methyl sites for hydroxylation is 1. The Morgan fingerprint density at radius 1 is 1.17 bits per heavy atom. The van der Waals surface area contributed by atoms with Gasteiger partial charge in [0.15, 0.2) is 11.5 Å². The van der Waals surface area contributed by atoms with Crippen LogP contribution in [0.1, 0.15) is 35.8 Å². The van der Waals surface area contributed by atoms with Crippen LogP contribution >= 0.6 is 0 Å². The zero-order valence-corrected chi connectivity index (χ0v) is 13.6. The fraction of sp³-hybridized carbons (Fsp3) is 0.389. The number of benzene rings is 1. The number of carbonyl (C=O) groups excluding carboxylic acids is 1. The zero-order chi connectivity index (χ0) is 16.2. The van der Waals surface area contributed by atoms with Crippen LogP contribution in [0.5, 0.6) is 0 Å². The van der Waals surface area contributed by atoms with Gasteiger partial charge in [0, 0.05) is 18.8 Å². The van der Waals surface area contributed by atoms with Crippen molar-refractivity contribution in [2.45, 2.75) is 26.7 Å². The van der Waals surface area contributed by atoms with Gasteiger partial charge in [0.2, 0.25) is 0 Å². The van der Waals surface area contributed by atoms with Crippen molar-refractivity contribution in [2.24, 2.45) is 5.92 Å². The van der Waals surface area contributed by atoms with E-state index in [1.54, 1.807) is 6.07 Å². The van der Waals surface area contributed by atoms with Gasteiger partial charge in [-0.3, -0.25) is 4.79 Å². The van der Waals surface area contributed by atoms with E-state index < -0.39 is 0 Å². The molecule has 2 heterocycles. The second kappa shape index (κ2) is 6.77. The highest BCUT2D eigenvalue weighted by atomic mass is 16.1. The van der Waals surface area contributed by atoms with Gasteiger partial charge in [-0.15, -0.1) is 10.2 Å². The Labute approximate surface area is 136 Å². The summed E-state index contributed by atoms with van der Waals surface area (Å²) in [5.74, 6) is 1.39. The van der Waals surface area contributed by atoms with E-state index in [2.05, 4.69) is 27.3 Å². The summed E-state index contributed by atoms with van der Waals surface area (Å²) in [6.45, 7) is 6.28. The molecule has 0 unspecified atom stereocenters. The molecular weight excluding hydrogens is 288 g/mol. The summed E-state index contributed by atoms with van der Waals surface area (Å²) in [4.78, 5) is 14.5. The number of piperidine rings is 1. The molecule has 1 N–H and O–H groups in total. The molecule has 0 bridgehead atoms. The average molecular weight is 310 g/mol. The van der Waals surface area contributed by atoms with Crippen LogP contribution in [-0.2, 0) is 0 Å². The van der Waals surface area contributed by atoms with Crippen LogP contribution in [0.4, 0.5) is 11.5 Å². The van der Waals surface area contributed by atoms with Crippen LogP contribution in [0.15, 0.2) is 36.4 Å². The van der Waals surface area contributed by atoms with E-state index in [9.17, 15) is 4.79 Å². The number of hydrogen-bond acceptors (Lipinski definition) is 4. The van der Waals surface area contributed by atoms with Crippen molar-refractivity contribution in [1.82, 2.24) is 10.2 Å². The van der Waals surface area contributed by atoms with Crippen molar-refractivity contribution in [2.75, 3.05) is 23.3 Å². The van der Waals surface area contributed by atoms with Gasteiger partial charge in [-0.2, -0.15) is 0 Å². The molecule has 0 saturated carbocycles. The number of amides is 1. The van der Waals surface area contributed by atoms with Crippen LogP contribution in [0.25, 0.3) is 0 Å². The maximum atomic E-state index is 12.2. The average Bonchev–Trinajstić information content (AvgIpc) is 2.56. The highest BCUT2D eigenvalue weighted by Gasteiger charge is 2.18. The van der Waals surface area contributed by atoms with E-state index in [0.29, 0.717) is 5.69 Å². The first kappa shape index (κ1) is 15.5. The fourth-order valence-corrected chi connectivity index (χ4v) is 2.77. The van der Waals surface area contributed by atoms with Gasteiger partial charge in [-0.05, 0) is 55.5 Å². The first-order chi connectivity index (χ1) is 11.1. The molecule has 1 aliphatic heterocycles. The minimum absolute atomic E-state index is 0.234. The Morgan fingerprint density at radius 3 is 2.61 bits per heavy atom. The molecule has 1 fully saturated rings. The molecular formula is C18H22N4O. The van der Waals surface area contributed by atoms with Gasteiger partial charge in [0.05, 0.1) is 0 Å². The Bertz CT molecular complexity index is 676. The number of hydrogen-bond donors (Lipinski definition) is 1. The predicted octanol–water partition coefficient (Wildman–Crippen LogP) is 3.27. The Morgan fingerprint density at radius 2 is 1.96 bits per heavy atom. The summed E-state index contributed by atoms with van der Waals surface area (Å²) in [5.41, 5.74) is 2.20. The van der Waals surface area contributed by atoms with Crippen LogP contribution < -0.4 is 10.2 Å². The maximum Gasteiger partial charge on any atom is 0.276 e. The first-order valence-electron chi connectivity index (χ1n) is 8.08. The van der Waals surface area contributed by atoms with Gasteiger partial charge < -0.3 is 10.2 Å². The molecule has 2 aromatic rings. The summed E-state index contributed by atoms with van der Waals surface area (Å²) in [5, 5.41) is 11.2. The van der Waals surface area contributed by atoms with E-state index in [0.717, 1.165) is 36.1 Å². The van der Waals surface area contributed by atoms with E-state index in [4.69, 9.17) is 0 Å². The van der Waals surface area contributed by atoms with Crippen LogP contribution in [0.2, 0.25) is 0 Å². The molecule has 1 aliphatic rings. The fourth-order valence-electron chi connectivity index (χ4n) is 2.77. The lowest BCUT2D eigenvalue weighted by atomic mass is 9.99. The van der Waals surface area contributed by atoms with Crippen molar-refractivity contribution in [3.63, 3.8) is 0 Å². The summed E-state index contributed by atoms with van der Waals surface area (Å²) >= 11 is 0. The lowest BCUT2D eigenvalue weighted by molar-refractivity contribution is 0.102. The van der Waals surface area contributed by atoms with E-state index in [1.165, 1.54) is 12.8 Å². The third-order valence-corrected chi connectivity index (χ3v) is 4.27. The molecule has 23 heavy (non-hydrogen) atoms. The number of carbonyl (C=O) groups is 1. The maximum absolute atomic E-state index is 12.2. The number of nitrogens with zero attached hydrogens (tertiary/aromatic N) is 3. The normalized spacial score (nSPS) is 15.5. The zero-order valence-electron chi connectivity index (χ0n) is 13.6. The number of aromatic nitrogens is 2. The molecule has 5 heteroatoms. The first-order valence-corrected chi connectivity index (χ1v) is 8.08. The molecule has 3 rings (SSSR count). The summed E-state index contributed by atoms with van der Waals surface area (Å²) < 4.78 is 0. The summed E-state index contributed by atoms with van der Waals surface area (Å²) in [6.07, 6.45) is 2.36.